The maximum Gasteiger partial charge on any atom is 0.251 e. The summed E-state index contributed by atoms with van der Waals surface area (Å²) >= 11 is 0. The molecule has 1 N–H and O–H groups in total. The Kier molecular flexibility index (Phi) is 5.60. The molecule has 0 saturated heterocycles. The lowest BCUT2D eigenvalue weighted by molar-refractivity contribution is 0.0933. The van der Waals surface area contributed by atoms with E-state index in [0.29, 0.717) is 5.56 Å². The summed E-state index contributed by atoms with van der Waals surface area (Å²) in [6.07, 6.45) is 3.36. The quantitative estimate of drug-likeness (QED) is 0.728. The second-order valence-electron chi connectivity index (χ2n) is 7.79. The molecule has 1 aliphatic heterocycles. The fourth-order valence-electron chi connectivity index (χ4n) is 3.80. The highest BCUT2D eigenvalue weighted by atomic mass is 16.1. The van der Waals surface area contributed by atoms with Crippen LogP contribution >= 0.6 is 0 Å². The molecule has 150 valence electrons. The Morgan fingerprint density at radius 1 is 1.10 bits per heavy atom. The van der Waals surface area contributed by atoms with Crippen LogP contribution in [0.1, 0.15) is 40.4 Å². The van der Waals surface area contributed by atoms with Crippen molar-refractivity contribution in [1.29, 1.82) is 0 Å². The van der Waals surface area contributed by atoms with Crippen molar-refractivity contribution in [2.75, 3.05) is 19.0 Å². The van der Waals surface area contributed by atoms with Gasteiger partial charge in [0.25, 0.3) is 5.91 Å². The lowest BCUT2D eigenvalue weighted by atomic mass is 10.1. The van der Waals surface area contributed by atoms with E-state index in [9.17, 15) is 4.79 Å². The zero-order valence-electron chi connectivity index (χ0n) is 17.0. The Morgan fingerprint density at radius 3 is 2.72 bits per heavy atom. The number of amides is 1. The first-order valence-corrected chi connectivity index (χ1v) is 10.1. The van der Waals surface area contributed by atoms with E-state index in [2.05, 4.69) is 32.2 Å². The summed E-state index contributed by atoms with van der Waals surface area (Å²) in [6.45, 7) is 0.827. The number of aryl methyl sites for hydroxylation is 1. The monoisotopic (exact) mass is 389 g/mol. The van der Waals surface area contributed by atoms with Crippen molar-refractivity contribution in [3.05, 3.63) is 77.4 Å². The van der Waals surface area contributed by atoms with Crippen LogP contribution in [-0.4, -0.2) is 40.8 Å². The summed E-state index contributed by atoms with van der Waals surface area (Å²) in [7, 11) is 3.95. The van der Waals surface area contributed by atoms with Crippen molar-refractivity contribution < 1.29 is 4.79 Å². The molecule has 6 nitrogen and oxygen atoms in total. The Bertz CT molecular complexity index is 980. The number of carbonyl (C=O) groups excluding carboxylic acids is 1. The maximum absolute atomic E-state index is 12.8. The van der Waals surface area contributed by atoms with Crippen LogP contribution in [0.25, 0.3) is 0 Å². The van der Waals surface area contributed by atoms with Gasteiger partial charge in [-0.2, -0.15) is 0 Å². The molecule has 3 aromatic rings. The van der Waals surface area contributed by atoms with Gasteiger partial charge < -0.3 is 14.8 Å². The van der Waals surface area contributed by atoms with Crippen LogP contribution in [0.15, 0.2) is 54.6 Å². The van der Waals surface area contributed by atoms with Gasteiger partial charge in [0.1, 0.15) is 11.6 Å². The molecule has 1 atom stereocenters. The van der Waals surface area contributed by atoms with E-state index in [1.807, 2.05) is 61.5 Å². The third kappa shape index (κ3) is 4.47. The van der Waals surface area contributed by atoms with Gasteiger partial charge in [0.05, 0.1) is 0 Å². The summed E-state index contributed by atoms with van der Waals surface area (Å²) in [6, 6.07) is 18.2. The Hall–Kier alpha value is -3.15. The first kappa shape index (κ1) is 19.2. The minimum atomic E-state index is -0.0131. The van der Waals surface area contributed by atoms with Crippen molar-refractivity contribution in [2.24, 2.45) is 0 Å². The van der Waals surface area contributed by atoms with Crippen LogP contribution in [0.3, 0.4) is 0 Å². The number of hydrogen-bond acceptors (Lipinski definition) is 4. The van der Waals surface area contributed by atoms with E-state index in [4.69, 9.17) is 0 Å². The molecule has 1 aliphatic rings. The summed E-state index contributed by atoms with van der Waals surface area (Å²) in [5.74, 6) is 2.00. The lowest BCUT2D eigenvalue weighted by Gasteiger charge is -2.18. The number of aromatic nitrogens is 3. The number of rotatable bonds is 5. The van der Waals surface area contributed by atoms with Gasteiger partial charge in [0.15, 0.2) is 0 Å². The van der Waals surface area contributed by atoms with E-state index in [-0.39, 0.29) is 11.9 Å². The number of carbonyl (C=O) groups is 1. The molecule has 1 unspecified atom stereocenters. The molecule has 0 fully saturated rings. The van der Waals surface area contributed by atoms with Crippen LogP contribution in [0.4, 0.5) is 5.69 Å². The van der Waals surface area contributed by atoms with Crippen LogP contribution in [0.5, 0.6) is 0 Å². The molecule has 0 saturated carbocycles. The second-order valence-corrected chi connectivity index (χ2v) is 7.79. The average molecular weight is 390 g/mol. The van der Waals surface area contributed by atoms with Gasteiger partial charge in [0.2, 0.25) is 0 Å². The Morgan fingerprint density at radius 2 is 1.93 bits per heavy atom. The van der Waals surface area contributed by atoms with Crippen LogP contribution in [0, 0.1) is 0 Å². The van der Waals surface area contributed by atoms with Gasteiger partial charge in [-0.05, 0) is 36.6 Å². The minimum Gasteiger partial charge on any atom is -0.378 e. The van der Waals surface area contributed by atoms with Crippen molar-refractivity contribution in [3.63, 3.8) is 0 Å². The molecule has 2 aromatic carbocycles. The average Bonchev–Trinajstić information content (AvgIpc) is 3.00. The molecule has 4 rings (SSSR count). The fourth-order valence-corrected chi connectivity index (χ4v) is 3.80. The van der Waals surface area contributed by atoms with Crippen LogP contribution < -0.4 is 10.2 Å². The molecule has 1 amide bonds. The van der Waals surface area contributed by atoms with E-state index in [1.54, 1.807) is 0 Å². The zero-order chi connectivity index (χ0) is 20.2. The molecule has 0 spiro atoms. The summed E-state index contributed by atoms with van der Waals surface area (Å²) in [4.78, 5) is 14.8. The molecule has 29 heavy (non-hydrogen) atoms. The molecule has 0 bridgehead atoms. The smallest absolute Gasteiger partial charge is 0.251 e. The van der Waals surface area contributed by atoms with Gasteiger partial charge >= 0.3 is 0 Å². The maximum atomic E-state index is 12.8. The first-order chi connectivity index (χ1) is 14.1. The highest BCUT2D eigenvalue weighted by Gasteiger charge is 2.22. The number of fused-ring (bicyclic) bond motifs is 1. The topological polar surface area (TPSA) is 63.1 Å². The normalized spacial score (nSPS) is 16.0. The van der Waals surface area contributed by atoms with E-state index in [0.717, 1.165) is 49.6 Å². The zero-order valence-corrected chi connectivity index (χ0v) is 17.0. The van der Waals surface area contributed by atoms with Crippen molar-refractivity contribution >= 4 is 11.6 Å². The molecular weight excluding hydrogens is 362 g/mol. The van der Waals surface area contributed by atoms with Crippen molar-refractivity contribution in [2.45, 2.75) is 38.3 Å². The number of anilines is 1. The van der Waals surface area contributed by atoms with Crippen LogP contribution in [0.2, 0.25) is 0 Å². The number of nitrogens with one attached hydrogen (secondary N) is 1. The summed E-state index contributed by atoms with van der Waals surface area (Å²) < 4.78 is 2.23. The number of nitrogens with zero attached hydrogens (tertiary/aromatic N) is 4. The van der Waals surface area contributed by atoms with Gasteiger partial charge in [-0.25, -0.2) is 0 Å². The van der Waals surface area contributed by atoms with Gasteiger partial charge in [0, 0.05) is 50.8 Å². The molecule has 2 heterocycles. The molecule has 1 aromatic heterocycles. The van der Waals surface area contributed by atoms with E-state index < -0.39 is 0 Å². The third-order valence-electron chi connectivity index (χ3n) is 5.49. The fraction of sp³-hybridized carbons (Fsp3) is 0.348. The molecule has 6 heteroatoms. The first-order valence-electron chi connectivity index (χ1n) is 10.1. The number of hydrogen-bond donors (Lipinski definition) is 1. The lowest BCUT2D eigenvalue weighted by Crippen LogP contribution is -2.35. The SMILES string of the molecule is CN(C)c1cccc(C(=O)NC2CCc3nnc(Cc4ccccc4)n3CC2)c1. The van der Waals surface area contributed by atoms with Crippen molar-refractivity contribution in [3.8, 4) is 0 Å². The highest BCUT2D eigenvalue weighted by molar-refractivity contribution is 5.95. The molecule has 0 aliphatic carbocycles. The predicted molar refractivity (Wildman–Crippen MR) is 114 cm³/mol. The highest BCUT2D eigenvalue weighted by Crippen LogP contribution is 2.19. The Labute approximate surface area is 171 Å². The number of benzene rings is 2. The molecule has 0 radical (unpaired) electrons. The minimum absolute atomic E-state index is 0.0131. The van der Waals surface area contributed by atoms with Gasteiger partial charge in [-0.1, -0.05) is 36.4 Å². The van der Waals surface area contributed by atoms with E-state index >= 15 is 0 Å². The standard InChI is InChI=1S/C23H27N5O/c1-27(2)20-10-6-9-18(16-20)23(29)24-19-11-12-21-25-26-22(28(21)14-13-19)15-17-7-4-3-5-8-17/h3-10,16,19H,11-15H2,1-2H3,(H,24,29). The third-order valence-corrected chi connectivity index (χ3v) is 5.49. The summed E-state index contributed by atoms with van der Waals surface area (Å²) in [5.41, 5.74) is 2.96. The predicted octanol–water partition coefficient (Wildman–Crippen LogP) is 3.07. The largest absolute Gasteiger partial charge is 0.378 e. The van der Waals surface area contributed by atoms with Crippen molar-refractivity contribution in [1.82, 2.24) is 20.1 Å². The van der Waals surface area contributed by atoms with Gasteiger partial charge in [-0.15, -0.1) is 10.2 Å². The van der Waals surface area contributed by atoms with Gasteiger partial charge in [-0.3, -0.25) is 4.79 Å². The molecular formula is C23H27N5O. The van der Waals surface area contributed by atoms with Crippen LogP contribution in [-0.2, 0) is 19.4 Å². The second kappa shape index (κ2) is 8.47. The summed E-state index contributed by atoms with van der Waals surface area (Å²) in [5, 5.41) is 12.0. The van der Waals surface area contributed by atoms with E-state index in [1.165, 1.54) is 5.56 Å². The Balaban J connectivity index is 1.41.